The van der Waals surface area contributed by atoms with E-state index >= 15 is 0 Å². The highest BCUT2D eigenvalue weighted by molar-refractivity contribution is 9.10. The molecule has 1 atom stereocenters. The van der Waals surface area contributed by atoms with E-state index in [2.05, 4.69) is 31.2 Å². The number of hydrogen-bond acceptors (Lipinski definition) is 5. The molecule has 1 aromatic carbocycles. The van der Waals surface area contributed by atoms with Gasteiger partial charge in [-0.3, -0.25) is 9.59 Å². The number of nitrogens with zero attached hydrogens (tertiary/aromatic N) is 3. The Balaban J connectivity index is 1.89. The van der Waals surface area contributed by atoms with Crippen molar-refractivity contribution < 1.29 is 9.59 Å². The molecule has 2 heterocycles. The third kappa shape index (κ3) is 3.45. The molecule has 0 aliphatic carbocycles. The summed E-state index contributed by atoms with van der Waals surface area (Å²) < 4.78 is 0.791. The van der Waals surface area contributed by atoms with Crippen molar-refractivity contribution in [1.82, 2.24) is 9.88 Å². The zero-order valence-electron chi connectivity index (χ0n) is 14.4. The molecule has 1 unspecified atom stereocenters. The second-order valence-corrected chi connectivity index (χ2v) is 7.15. The Kier molecular flexibility index (Phi) is 4.78. The second-order valence-electron chi connectivity index (χ2n) is 6.23. The smallest absolute Gasteiger partial charge is 0.274 e. The Morgan fingerprint density at radius 3 is 2.81 bits per heavy atom. The number of benzene rings is 1. The fraction of sp³-hybridized carbons (Fsp3) is 0.222. The lowest BCUT2D eigenvalue weighted by molar-refractivity contribution is -0.135. The molecule has 8 heteroatoms. The monoisotopic (exact) mass is 415 g/mol. The van der Waals surface area contributed by atoms with Crippen LogP contribution in [0.15, 0.2) is 52.1 Å². The topological polar surface area (TPSA) is 101 Å². The van der Waals surface area contributed by atoms with Crippen molar-refractivity contribution in [2.45, 2.75) is 12.5 Å². The SMILES string of the molecule is CN1CC(N)=NC(C)(c2cccc(NC(=O)c3ccc(Br)cn3)c2)C1=O. The van der Waals surface area contributed by atoms with Gasteiger partial charge in [-0.2, -0.15) is 0 Å². The first-order chi connectivity index (χ1) is 12.3. The molecule has 0 saturated carbocycles. The van der Waals surface area contributed by atoms with Crippen LogP contribution in [-0.2, 0) is 10.3 Å². The minimum atomic E-state index is -1.12. The molecule has 2 aromatic rings. The normalized spacial score (nSPS) is 19.9. The number of amides is 2. The van der Waals surface area contributed by atoms with Gasteiger partial charge in [0.1, 0.15) is 11.5 Å². The van der Waals surface area contributed by atoms with E-state index < -0.39 is 5.54 Å². The number of rotatable bonds is 3. The van der Waals surface area contributed by atoms with Crippen LogP contribution in [0.25, 0.3) is 0 Å². The summed E-state index contributed by atoms with van der Waals surface area (Å²) >= 11 is 3.28. The minimum absolute atomic E-state index is 0.148. The predicted molar refractivity (Wildman–Crippen MR) is 103 cm³/mol. The number of carbonyl (C=O) groups excluding carboxylic acids is 2. The van der Waals surface area contributed by atoms with Gasteiger partial charge in [-0.05, 0) is 52.7 Å². The molecule has 0 spiro atoms. The van der Waals surface area contributed by atoms with Gasteiger partial charge < -0.3 is 16.0 Å². The molecule has 0 fully saturated rings. The standard InChI is InChI=1S/C18H18BrN5O2/c1-18(17(26)24(2)10-15(20)23-18)11-4-3-5-13(8-11)22-16(25)14-7-6-12(19)9-21-14/h3-9H,10H2,1-2H3,(H2,20,23)(H,22,25). The van der Waals surface area contributed by atoms with Gasteiger partial charge in [-0.1, -0.05) is 12.1 Å². The van der Waals surface area contributed by atoms with Gasteiger partial charge >= 0.3 is 0 Å². The number of aromatic nitrogens is 1. The van der Waals surface area contributed by atoms with Crippen molar-refractivity contribution >= 4 is 39.3 Å². The van der Waals surface area contributed by atoms with Crippen molar-refractivity contribution in [3.63, 3.8) is 0 Å². The van der Waals surface area contributed by atoms with Gasteiger partial charge in [0.2, 0.25) is 0 Å². The number of aliphatic imine (C=N–C) groups is 1. The number of amidine groups is 1. The van der Waals surface area contributed by atoms with Crippen molar-refractivity contribution in [2.75, 3.05) is 18.9 Å². The van der Waals surface area contributed by atoms with Crippen molar-refractivity contribution in [3.8, 4) is 0 Å². The summed E-state index contributed by atoms with van der Waals surface area (Å²) in [6, 6.07) is 10.4. The third-order valence-corrected chi connectivity index (χ3v) is 4.64. The van der Waals surface area contributed by atoms with Gasteiger partial charge in [0.15, 0.2) is 5.54 Å². The second kappa shape index (κ2) is 6.87. The van der Waals surface area contributed by atoms with Crippen LogP contribution in [0.3, 0.4) is 0 Å². The molecular formula is C18H18BrN5O2. The maximum atomic E-state index is 12.6. The molecule has 1 aliphatic rings. The highest BCUT2D eigenvalue weighted by atomic mass is 79.9. The Morgan fingerprint density at radius 2 is 2.12 bits per heavy atom. The van der Waals surface area contributed by atoms with Crippen LogP contribution in [0.1, 0.15) is 23.0 Å². The molecule has 1 aromatic heterocycles. The van der Waals surface area contributed by atoms with Crippen LogP contribution in [0, 0.1) is 0 Å². The zero-order valence-corrected chi connectivity index (χ0v) is 15.9. The third-order valence-electron chi connectivity index (χ3n) is 4.17. The van der Waals surface area contributed by atoms with Gasteiger partial charge in [-0.15, -0.1) is 0 Å². The molecule has 2 amide bonds. The van der Waals surface area contributed by atoms with E-state index in [1.807, 2.05) is 0 Å². The van der Waals surface area contributed by atoms with Gasteiger partial charge in [-0.25, -0.2) is 9.98 Å². The van der Waals surface area contributed by atoms with Crippen molar-refractivity contribution in [1.29, 1.82) is 0 Å². The van der Waals surface area contributed by atoms with E-state index in [1.165, 1.54) is 0 Å². The molecule has 3 rings (SSSR count). The Bertz CT molecular complexity index is 897. The van der Waals surface area contributed by atoms with E-state index in [9.17, 15) is 9.59 Å². The van der Waals surface area contributed by atoms with Crippen LogP contribution in [0.4, 0.5) is 5.69 Å². The fourth-order valence-electron chi connectivity index (χ4n) is 2.85. The lowest BCUT2D eigenvalue weighted by Crippen LogP contribution is -2.51. The Labute approximate surface area is 159 Å². The first-order valence-electron chi connectivity index (χ1n) is 7.93. The fourth-order valence-corrected chi connectivity index (χ4v) is 3.08. The lowest BCUT2D eigenvalue weighted by Gasteiger charge is -2.34. The summed E-state index contributed by atoms with van der Waals surface area (Å²) in [5.41, 5.74) is 6.26. The Hall–Kier alpha value is -2.74. The number of halogens is 1. The molecule has 3 N–H and O–H groups in total. The van der Waals surface area contributed by atoms with Gasteiger partial charge in [0.05, 0.1) is 6.54 Å². The number of hydrogen-bond donors (Lipinski definition) is 2. The summed E-state index contributed by atoms with van der Waals surface area (Å²) in [6.07, 6.45) is 1.56. The molecule has 26 heavy (non-hydrogen) atoms. The van der Waals surface area contributed by atoms with Crippen molar-refractivity contribution in [2.24, 2.45) is 10.7 Å². The average Bonchev–Trinajstić information content (AvgIpc) is 2.60. The summed E-state index contributed by atoms with van der Waals surface area (Å²) in [7, 11) is 1.69. The van der Waals surface area contributed by atoms with Gasteiger partial charge in [0, 0.05) is 23.4 Å². The van der Waals surface area contributed by atoms with Crippen LogP contribution in [-0.4, -0.2) is 41.1 Å². The van der Waals surface area contributed by atoms with Gasteiger partial charge in [0.25, 0.3) is 11.8 Å². The minimum Gasteiger partial charge on any atom is -0.386 e. The maximum absolute atomic E-state index is 12.6. The molecule has 7 nitrogen and oxygen atoms in total. The van der Waals surface area contributed by atoms with E-state index in [0.717, 1.165) is 4.47 Å². The summed E-state index contributed by atoms with van der Waals surface area (Å²) in [5.74, 6) is -0.0947. The van der Waals surface area contributed by atoms with Crippen LogP contribution >= 0.6 is 15.9 Å². The highest BCUT2D eigenvalue weighted by Gasteiger charge is 2.40. The number of likely N-dealkylation sites (N-methyl/N-ethyl adjacent to an activating group) is 1. The number of anilines is 1. The summed E-state index contributed by atoms with van der Waals surface area (Å²) in [5, 5.41) is 2.79. The quantitative estimate of drug-likeness (QED) is 0.801. The number of carbonyl (C=O) groups is 2. The van der Waals surface area contributed by atoms with E-state index in [4.69, 9.17) is 5.73 Å². The predicted octanol–water partition coefficient (Wildman–Crippen LogP) is 2.14. The molecule has 0 saturated heterocycles. The lowest BCUT2D eigenvalue weighted by atomic mass is 9.89. The maximum Gasteiger partial charge on any atom is 0.274 e. The molecule has 1 aliphatic heterocycles. The first kappa shape index (κ1) is 18.1. The zero-order chi connectivity index (χ0) is 18.9. The largest absolute Gasteiger partial charge is 0.386 e. The first-order valence-corrected chi connectivity index (χ1v) is 8.72. The average molecular weight is 416 g/mol. The van der Waals surface area contributed by atoms with E-state index in [1.54, 1.807) is 61.5 Å². The summed E-state index contributed by atoms with van der Waals surface area (Å²) in [4.78, 5) is 35.0. The number of nitrogens with one attached hydrogen (secondary N) is 1. The molecular weight excluding hydrogens is 398 g/mol. The highest BCUT2D eigenvalue weighted by Crippen LogP contribution is 2.31. The number of pyridine rings is 1. The van der Waals surface area contributed by atoms with E-state index in [-0.39, 0.29) is 11.8 Å². The molecule has 0 radical (unpaired) electrons. The Morgan fingerprint density at radius 1 is 1.35 bits per heavy atom. The van der Waals surface area contributed by atoms with Crippen LogP contribution in [0.5, 0.6) is 0 Å². The number of nitrogens with two attached hydrogens (primary N) is 1. The molecule has 0 bridgehead atoms. The molecule has 134 valence electrons. The van der Waals surface area contributed by atoms with Crippen molar-refractivity contribution in [3.05, 3.63) is 58.3 Å². The summed E-state index contributed by atoms with van der Waals surface area (Å²) in [6.45, 7) is 2.02. The van der Waals surface area contributed by atoms with Crippen LogP contribution < -0.4 is 11.1 Å². The van der Waals surface area contributed by atoms with Crippen LogP contribution in [0.2, 0.25) is 0 Å². The van der Waals surface area contributed by atoms with E-state index in [0.29, 0.717) is 29.3 Å².